The van der Waals surface area contributed by atoms with Gasteiger partial charge in [-0.15, -0.1) is 0 Å². The molecule has 2 heteroatoms. The molecule has 0 spiro atoms. The van der Waals surface area contributed by atoms with Crippen LogP contribution in [0.2, 0.25) is 0 Å². The molecule has 2 rings (SSSR count). The number of nitrogens with zero attached hydrogens (tertiary/aromatic N) is 1. The van der Waals surface area contributed by atoms with Crippen molar-refractivity contribution in [3.63, 3.8) is 0 Å². The van der Waals surface area contributed by atoms with E-state index in [9.17, 15) is 0 Å². The zero-order valence-corrected chi connectivity index (χ0v) is 10.4. The monoisotopic (exact) mass is 210 g/mol. The molecule has 0 bridgehead atoms. The van der Waals surface area contributed by atoms with Crippen LogP contribution in [0.1, 0.15) is 39.5 Å². The Kier molecular flexibility index (Phi) is 3.68. The summed E-state index contributed by atoms with van der Waals surface area (Å²) in [5.74, 6) is 0.915. The van der Waals surface area contributed by atoms with E-state index in [1.807, 2.05) is 0 Å². The predicted octanol–water partition coefficient (Wildman–Crippen LogP) is 2.11. The Bertz CT molecular complexity index is 199. The van der Waals surface area contributed by atoms with Gasteiger partial charge in [-0.2, -0.15) is 0 Å². The molecular formula is C13H26N2. The molecule has 0 aliphatic carbocycles. The lowest BCUT2D eigenvalue weighted by atomic mass is 9.87. The maximum absolute atomic E-state index is 3.52. The number of nitrogens with one attached hydrogen (secondary N) is 1. The molecule has 2 nitrogen and oxygen atoms in total. The second kappa shape index (κ2) is 4.84. The third kappa shape index (κ3) is 2.94. The molecule has 2 aliphatic rings. The molecule has 0 aromatic rings. The SMILES string of the molecule is CCC1(C)CCN(CC2CCCNC2)C1. The average molecular weight is 210 g/mol. The van der Waals surface area contributed by atoms with Crippen molar-refractivity contribution in [2.45, 2.75) is 39.5 Å². The van der Waals surface area contributed by atoms with Crippen LogP contribution in [0.4, 0.5) is 0 Å². The summed E-state index contributed by atoms with van der Waals surface area (Å²) in [4.78, 5) is 2.70. The number of piperidine rings is 1. The molecule has 2 unspecified atom stereocenters. The van der Waals surface area contributed by atoms with Gasteiger partial charge in [-0.3, -0.25) is 0 Å². The Labute approximate surface area is 94.4 Å². The van der Waals surface area contributed by atoms with Crippen LogP contribution in [0, 0.1) is 11.3 Å². The fraction of sp³-hybridized carbons (Fsp3) is 1.00. The number of likely N-dealkylation sites (tertiary alicyclic amines) is 1. The summed E-state index contributed by atoms with van der Waals surface area (Å²) < 4.78 is 0. The van der Waals surface area contributed by atoms with Crippen LogP contribution in [0.5, 0.6) is 0 Å². The standard InChI is InChI=1S/C13H26N2/c1-3-13(2)6-8-15(11-13)10-12-5-4-7-14-9-12/h12,14H,3-11H2,1-2H3. The predicted molar refractivity (Wildman–Crippen MR) is 65.0 cm³/mol. The molecule has 0 aromatic heterocycles. The molecule has 88 valence electrons. The van der Waals surface area contributed by atoms with Gasteiger partial charge in [0, 0.05) is 13.1 Å². The minimum absolute atomic E-state index is 0.613. The lowest BCUT2D eigenvalue weighted by molar-refractivity contribution is 0.216. The Morgan fingerprint density at radius 3 is 2.93 bits per heavy atom. The fourth-order valence-electron chi connectivity index (χ4n) is 3.02. The maximum Gasteiger partial charge on any atom is 0.00358 e. The normalized spacial score (nSPS) is 38.4. The van der Waals surface area contributed by atoms with Crippen LogP contribution in [0.3, 0.4) is 0 Å². The molecule has 0 aromatic carbocycles. The van der Waals surface area contributed by atoms with Crippen LogP contribution < -0.4 is 5.32 Å². The minimum Gasteiger partial charge on any atom is -0.316 e. The Balaban J connectivity index is 1.76. The van der Waals surface area contributed by atoms with Gasteiger partial charge in [0.25, 0.3) is 0 Å². The van der Waals surface area contributed by atoms with Crippen molar-refractivity contribution in [3.8, 4) is 0 Å². The minimum atomic E-state index is 0.613. The van der Waals surface area contributed by atoms with Gasteiger partial charge in [-0.05, 0) is 56.7 Å². The van der Waals surface area contributed by atoms with Crippen molar-refractivity contribution >= 4 is 0 Å². The van der Waals surface area contributed by atoms with Crippen molar-refractivity contribution in [2.75, 3.05) is 32.7 Å². The molecular weight excluding hydrogens is 184 g/mol. The van der Waals surface area contributed by atoms with Crippen LogP contribution in [0.25, 0.3) is 0 Å². The summed E-state index contributed by atoms with van der Waals surface area (Å²) in [6, 6.07) is 0. The van der Waals surface area contributed by atoms with Gasteiger partial charge in [0.05, 0.1) is 0 Å². The van der Waals surface area contributed by atoms with Gasteiger partial charge in [-0.1, -0.05) is 13.8 Å². The highest BCUT2D eigenvalue weighted by atomic mass is 15.2. The Morgan fingerprint density at radius 2 is 2.33 bits per heavy atom. The van der Waals surface area contributed by atoms with Crippen LogP contribution in [-0.2, 0) is 0 Å². The first-order valence-electron chi connectivity index (χ1n) is 6.65. The van der Waals surface area contributed by atoms with Crippen molar-refractivity contribution in [1.29, 1.82) is 0 Å². The largest absolute Gasteiger partial charge is 0.316 e. The first kappa shape index (κ1) is 11.4. The highest BCUT2D eigenvalue weighted by Crippen LogP contribution is 2.33. The summed E-state index contributed by atoms with van der Waals surface area (Å²) in [5.41, 5.74) is 0.613. The molecule has 1 N–H and O–H groups in total. The number of rotatable bonds is 3. The lowest BCUT2D eigenvalue weighted by Gasteiger charge is -2.29. The van der Waals surface area contributed by atoms with E-state index in [1.165, 1.54) is 58.4 Å². The van der Waals surface area contributed by atoms with Gasteiger partial charge in [0.1, 0.15) is 0 Å². The van der Waals surface area contributed by atoms with Gasteiger partial charge in [-0.25, -0.2) is 0 Å². The van der Waals surface area contributed by atoms with E-state index in [0.29, 0.717) is 5.41 Å². The van der Waals surface area contributed by atoms with Crippen molar-refractivity contribution in [3.05, 3.63) is 0 Å². The molecule has 0 radical (unpaired) electrons. The van der Waals surface area contributed by atoms with Crippen LogP contribution in [-0.4, -0.2) is 37.6 Å². The maximum atomic E-state index is 3.52. The third-order valence-corrected chi connectivity index (χ3v) is 4.41. The molecule has 2 atom stereocenters. The second-order valence-corrected chi connectivity index (χ2v) is 5.86. The summed E-state index contributed by atoms with van der Waals surface area (Å²) in [6.45, 7) is 11.3. The molecule has 15 heavy (non-hydrogen) atoms. The van der Waals surface area contributed by atoms with Crippen molar-refractivity contribution < 1.29 is 0 Å². The topological polar surface area (TPSA) is 15.3 Å². The van der Waals surface area contributed by atoms with Gasteiger partial charge in [0.15, 0.2) is 0 Å². The smallest absolute Gasteiger partial charge is 0.00358 e. The van der Waals surface area contributed by atoms with E-state index in [0.717, 1.165) is 5.92 Å². The average Bonchev–Trinajstić information content (AvgIpc) is 2.63. The Hall–Kier alpha value is -0.0800. The third-order valence-electron chi connectivity index (χ3n) is 4.41. The lowest BCUT2D eigenvalue weighted by Crippen LogP contribution is -2.38. The van der Waals surface area contributed by atoms with E-state index in [4.69, 9.17) is 0 Å². The molecule has 2 saturated heterocycles. The summed E-state index contributed by atoms with van der Waals surface area (Å²) >= 11 is 0. The second-order valence-electron chi connectivity index (χ2n) is 5.86. The fourth-order valence-corrected chi connectivity index (χ4v) is 3.02. The first-order valence-corrected chi connectivity index (χ1v) is 6.65. The van der Waals surface area contributed by atoms with Crippen LogP contribution >= 0.6 is 0 Å². The highest BCUT2D eigenvalue weighted by Gasteiger charge is 2.32. The number of hydrogen-bond donors (Lipinski definition) is 1. The van der Waals surface area contributed by atoms with E-state index < -0.39 is 0 Å². The van der Waals surface area contributed by atoms with Crippen molar-refractivity contribution in [1.82, 2.24) is 10.2 Å². The quantitative estimate of drug-likeness (QED) is 0.767. The van der Waals surface area contributed by atoms with Gasteiger partial charge < -0.3 is 10.2 Å². The highest BCUT2D eigenvalue weighted by molar-refractivity contribution is 4.86. The molecule has 2 aliphatic heterocycles. The summed E-state index contributed by atoms with van der Waals surface area (Å²) in [7, 11) is 0. The zero-order chi connectivity index (χ0) is 10.7. The molecule has 2 heterocycles. The molecule has 2 fully saturated rings. The van der Waals surface area contributed by atoms with Gasteiger partial charge >= 0.3 is 0 Å². The molecule has 0 amide bonds. The Morgan fingerprint density at radius 1 is 1.47 bits per heavy atom. The van der Waals surface area contributed by atoms with Crippen molar-refractivity contribution in [2.24, 2.45) is 11.3 Å². The van der Waals surface area contributed by atoms with E-state index in [-0.39, 0.29) is 0 Å². The van der Waals surface area contributed by atoms with E-state index in [1.54, 1.807) is 0 Å². The molecule has 0 saturated carbocycles. The first-order chi connectivity index (χ1) is 7.22. The van der Waals surface area contributed by atoms with E-state index >= 15 is 0 Å². The summed E-state index contributed by atoms with van der Waals surface area (Å²) in [5, 5.41) is 3.52. The van der Waals surface area contributed by atoms with E-state index in [2.05, 4.69) is 24.1 Å². The summed E-state index contributed by atoms with van der Waals surface area (Å²) in [6.07, 6.45) is 5.56. The number of hydrogen-bond acceptors (Lipinski definition) is 2. The van der Waals surface area contributed by atoms with Crippen LogP contribution in [0.15, 0.2) is 0 Å². The zero-order valence-electron chi connectivity index (χ0n) is 10.4. The van der Waals surface area contributed by atoms with Gasteiger partial charge in [0.2, 0.25) is 0 Å².